The fraction of sp³-hybridized carbons (Fsp3) is 1.00. The third-order valence-corrected chi connectivity index (χ3v) is 3.67. The Labute approximate surface area is 112 Å². The summed E-state index contributed by atoms with van der Waals surface area (Å²) in [5.74, 6) is -0.643. The molecule has 0 saturated carbocycles. The highest BCUT2D eigenvalue weighted by atomic mass is 19.4. The predicted octanol–water partition coefficient (Wildman–Crippen LogP) is 3.18. The third-order valence-electron chi connectivity index (χ3n) is 3.67. The Morgan fingerprint density at radius 1 is 1.16 bits per heavy atom. The van der Waals surface area contributed by atoms with Gasteiger partial charge >= 0.3 is 6.18 Å². The first-order valence-corrected chi connectivity index (χ1v) is 6.67. The molecule has 6 heteroatoms. The lowest BCUT2D eigenvalue weighted by atomic mass is 9.91. The van der Waals surface area contributed by atoms with Crippen LogP contribution in [0.15, 0.2) is 0 Å². The average molecular weight is 284 g/mol. The van der Waals surface area contributed by atoms with Gasteiger partial charge in [-0.05, 0) is 25.7 Å². The molecule has 1 aliphatic heterocycles. The van der Waals surface area contributed by atoms with Gasteiger partial charge in [0.25, 0.3) is 0 Å². The molecule has 0 aromatic carbocycles. The van der Waals surface area contributed by atoms with Crippen LogP contribution < -0.4 is 0 Å². The Morgan fingerprint density at radius 3 is 2.21 bits per heavy atom. The molecule has 0 bridgehead atoms. The Morgan fingerprint density at radius 2 is 1.74 bits per heavy atom. The second-order valence-corrected chi connectivity index (χ2v) is 5.29. The van der Waals surface area contributed by atoms with Crippen LogP contribution in [0.3, 0.4) is 0 Å². The van der Waals surface area contributed by atoms with Gasteiger partial charge in [-0.25, -0.2) is 0 Å². The van der Waals surface area contributed by atoms with Crippen LogP contribution in [0.1, 0.15) is 33.6 Å². The summed E-state index contributed by atoms with van der Waals surface area (Å²) in [6.45, 7) is 5.54. The normalized spacial score (nSPS) is 21.6. The minimum atomic E-state index is -4.38. The van der Waals surface area contributed by atoms with Crippen molar-refractivity contribution in [3.63, 3.8) is 0 Å². The molecule has 114 valence electrons. The fourth-order valence-corrected chi connectivity index (χ4v) is 1.89. The monoisotopic (exact) mass is 284 g/mol. The minimum Gasteiger partial charge on any atom is -0.381 e. The lowest BCUT2D eigenvalue weighted by Gasteiger charge is -2.35. The van der Waals surface area contributed by atoms with Gasteiger partial charge in [0, 0.05) is 13.2 Å². The summed E-state index contributed by atoms with van der Waals surface area (Å²) in [5.41, 5.74) is -2.12. The number of hydrogen-bond donors (Lipinski definition) is 0. The van der Waals surface area contributed by atoms with Crippen molar-refractivity contribution in [2.75, 3.05) is 26.4 Å². The zero-order chi connectivity index (χ0) is 14.5. The zero-order valence-corrected chi connectivity index (χ0v) is 11.8. The van der Waals surface area contributed by atoms with E-state index in [4.69, 9.17) is 14.2 Å². The average Bonchev–Trinajstić information content (AvgIpc) is 2.34. The third kappa shape index (κ3) is 4.61. The van der Waals surface area contributed by atoms with Crippen molar-refractivity contribution in [3.8, 4) is 0 Å². The maximum Gasteiger partial charge on any atom is 0.417 e. The summed E-state index contributed by atoms with van der Waals surface area (Å²) in [6.07, 6.45) is -2.71. The first-order valence-electron chi connectivity index (χ1n) is 6.67. The van der Waals surface area contributed by atoms with Crippen molar-refractivity contribution in [3.05, 3.63) is 0 Å². The quantitative estimate of drug-likeness (QED) is 0.701. The lowest BCUT2D eigenvalue weighted by Crippen LogP contribution is -2.49. The van der Waals surface area contributed by atoms with Crippen molar-refractivity contribution in [2.24, 2.45) is 5.92 Å². The van der Waals surface area contributed by atoms with Crippen molar-refractivity contribution in [1.29, 1.82) is 0 Å². The van der Waals surface area contributed by atoms with Crippen LogP contribution in [0.5, 0.6) is 0 Å². The maximum absolute atomic E-state index is 13.0. The van der Waals surface area contributed by atoms with Crippen LogP contribution >= 0.6 is 0 Å². The lowest BCUT2D eigenvalue weighted by molar-refractivity contribution is -0.289. The maximum atomic E-state index is 13.0. The van der Waals surface area contributed by atoms with E-state index >= 15 is 0 Å². The number of halogens is 3. The smallest absolute Gasteiger partial charge is 0.381 e. The molecule has 1 unspecified atom stereocenters. The highest BCUT2D eigenvalue weighted by Crippen LogP contribution is 2.38. The van der Waals surface area contributed by atoms with Crippen LogP contribution in [0.4, 0.5) is 13.2 Å². The highest BCUT2D eigenvalue weighted by Gasteiger charge is 2.54. The molecule has 1 fully saturated rings. The first kappa shape index (κ1) is 16.7. The summed E-state index contributed by atoms with van der Waals surface area (Å²) in [5, 5.41) is 0. The van der Waals surface area contributed by atoms with Gasteiger partial charge in [0.05, 0.1) is 19.3 Å². The van der Waals surface area contributed by atoms with Crippen molar-refractivity contribution < 1.29 is 27.4 Å². The molecule has 1 heterocycles. The molecule has 1 saturated heterocycles. The zero-order valence-electron chi connectivity index (χ0n) is 11.8. The van der Waals surface area contributed by atoms with Gasteiger partial charge in [0.1, 0.15) is 0 Å². The topological polar surface area (TPSA) is 27.7 Å². The molecule has 19 heavy (non-hydrogen) atoms. The van der Waals surface area contributed by atoms with Crippen molar-refractivity contribution in [1.82, 2.24) is 0 Å². The second-order valence-electron chi connectivity index (χ2n) is 5.29. The molecule has 0 spiro atoms. The van der Waals surface area contributed by atoms with Crippen LogP contribution in [0.25, 0.3) is 0 Å². The van der Waals surface area contributed by atoms with Gasteiger partial charge in [-0.15, -0.1) is 0 Å². The van der Waals surface area contributed by atoms with Gasteiger partial charge in [-0.3, -0.25) is 0 Å². The van der Waals surface area contributed by atoms with Crippen LogP contribution in [0.2, 0.25) is 0 Å². The Bertz CT molecular complexity index is 262. The summed E-state index contributed by atoms with van der Waals surface area (Å²) in [7, 11) is 0. The molecule has 1 rings (SSSR count). The molecule has 1 atom stereocenters. The summed E-state index contributed by atoms with van der Waals surface area (Å²) >= 11 is 0. The number of alkyl halides is 3. The summed E-state index contributed by atoms with van der Waals surface area (Å²) < 4.78 is 54.6. The van der Waals surface area contributed by atoms with E-state index in [0.29, 0.717) is 13.2 Å². The standard InChI is InChI=1S/C13H23F3O3/c1-10(2)12(3,13(14,15)16)19-9-8-18-11-4-6-17-7-5-11/h10-11H,4-9H2,1-3H3. The minimum absolute atomic E-state index is 0.0501. The molecule has 0 N–H and O–H groups in total. The molecular formula is C13H23F3O3. The number of ether oxygens (including phenoxy) is 3. The molecule has 0 aromatic rings. The highest BCUT2D eigenvalue weighted by molar-refractivity contribution is 4.87. The van der Waals surface area contributed by atoms with Crippen LogP contribution in [-0.2, 0) is 14.2 Å². The molecular weight excluding hydrogens is 261 g/mol. The fourth-order valence-electron chi connectivity index (χ4n) is 1.89. The van der Waals surface area contributed by atoms with Gasteiger partial charge in [-0.1, -0.05) is 13.8 Å². The van der Waals surface area contributed by atoms with Gasteiger partial charge in [-0.2, -0.15) is 13.2 Å². The van der Waals surface area contributed by atoms with Crippen LogP contribution in [0, 0.1) is 5.92 Å². The van der Waals surface area contributed by atoms with E-state index < -0.39 is 17.7 Å². The second kappa shape index (κ2) is 6.90. The van der Waals surface area contributed by atoms with Gasteiger partial charge < -0.3 is 14.2 Å². The van der Waals surface area contributed by atoms with E-state index in [1.807, 2.05) is 0 Å². The van der Waals surface area contributed by atoms with Crippen LogP contribution in [-0.4, -0.2) is 44.3 Å². The largest absolute Gasteiger partial charge is 0.417 e. The summed E-state index contributed by atoms with van der Waals surface area (Å²) in [6, 6.07) is 0. The molecule has 0 aliphatic carbocycles. The molecule has 0 aromatic heterocycles. The van der Waals surface area contributed by atoms with E-state index in [1.165, 1.54) is 13.8 Å². The molecule has 1 aliphatic rings. The molecule has 0 amide bonds. The number of rotatable bonds is 6. The van der Waals surface area contributed by atoms with Crippen molar-refractivity contribution >= 4 is 0 Å². The van der Waals surface area contributed by atoms with E-state index in [1.54, 1.807) is 0 Å². The predicted molar refractivity (Wildman–Crippen MR) is 65.0 cm³/mol. The van der Waals surface area contributed by atoms with Gasteiger partial charge in [0.15, 0.2) is 5.60 Å². The summed E-state index contributed by atoms with van der Waals surface area (Å²) in [4.78, 5) is 0. The van der Waals surface area contributed by atoms with Gasteiger partial charge in [0.2, 0.25) is 0 Å². The van der Waals surface area contributed by atoms with E-state index in [9.17, 15) is 13.2 Å². The van der Waals surface area contributed by atoms with E-state index in [2.05, 4.69) is 0 Å². The van der Waals surface area contributed by atoms with E-state index in [-0.39, 0.29) is 19.3 Å². The first-order chi connectivity index (χ1) is 8.77. The van der Waals surface area contributed by atoms with Crippen molar-refractivity contribution in [2.45, 2.75) is 51.5 Å². The molecule has 3 nitrogen and oxygen atoms in total. The molecule has 0 radical (unpaired) electrons. The Kier molecular flexibility index (Phi) is 6.08. The van der Waals surface area contributed by atoms with E-state index in [0.717, 1.165) is 19.8 Å². The number of hydrogen-bond acceptors (Lipinski definition) is 3. The Hall–Kier alpha value is -0.330. The SMILES string of the molecule is CC(C)C(C)(OCCOC1CCOCC1)C(F)(F)F. The Balaban J connectivity index is 2.32.